The van der Waals surface area contributed by atoms with Crippen LogP contribution in [0, 0.1) is 6.92 Å². The van der Waals surface area contributed by atoms with Gasteiger partial charge < -0.3 is 4.52 Å². The second kappa shape index (κ2) is 5.22. The number of nitrogens with one attached hydrogen (secondary N) is 1. The molecule has 1 amide bonds. The molecule has 0 aliphatic carbocycles. The normalized spacial score (nSPS) is 10.4. The van der Waals surface area contributed by atoms with Crippen LogP contribution in [0.5, 0.6) is 0 Å². The number of nitrogens with zero attached hydrogens (tertiary/aromatic N) is 3. The number of amides is 1. The summed E-state index contributed by atoms with van der Waals surface area (Å²) in [5.41, 5.74) is 2.14. The fourth-order valence-electron chi connectivity index (χ4n) is 1.59. The molecule has 3 heterocycles. The van der Waals surface area contributed by atoms with E-state index in [0.29, 0.717) is 10.8 Å². The third-order valence-electron chi connectivity index (χ3n) is 2.50. The minimum Gasteiger partial charge on any atom is -0.351 e. The van der Waals surface area contributed by atoms with Crippen LogP contribution in [0.25, 0.3) is 11.4 Å². The zero-order chi connectivity index (χ0) is 13.9. The van der Waals surface area contributed by atoms with E-state index in [1.807, 2.05) is 23.6 Å². The van der Waals surface area contributed by atoms with E-state index in [9.17, 15) is 4.79 Å². The van der Waals surface area contributed by atoms with E-state index in [0.717, 1.165) is 11.4 Å². The molecule has 0 atom stereocenters. The van der Waals surface area contributed by atoms with Crippen LogP contribution >= 0.6 is 11.3 Å². The summed E-state index contributed by atoms with van der Waals surface area (Å²) in [6.07, 6.45) is 1.70. The van der Waals surface area contributed by atoms with Crippen LogP contribution < -0.4 is 5.32 Å². The third kappa shape index (κ3) is 2.57. The Balaban J connectivity index is 1.76. The average Bonchev–Trinajstić information content (AvgIpc) is 3.09. The van der Waals surface area contributed by atoms with Crippen LogP contribution in [0.2, 0.25) is 0 Å². The van der Waals surface area contributed by atoms with E-state index in [1.165, 1.54) is 11.3 Å². The van der Waals surface area contributed by atoms with Crippen molar-refractivity contribution in [2.75, 3.05) is 5.32 Å². The van der Waals surface area contributed by atoms with Gasteiger partial charge in [-0.05, 0) is 19.1 Å². The van der Waals surface area contributed by atoms with Gasteiger partial charge in [-0.3, -0.25) is 15.1 Å². The minimum absolute atomic E-state index is 0.164. The molecule has 0 bridgehead atoms. The molecule has 3 aromatic heterocycles. The number of aromatic nitrogens is 3. The van der Waals surface area contributed by atoms with Crippen molar-refractivity contribution in [1.82, 2.24) is 15.1 Å². The maximum absolute atomic E-state index is 11.9. The number of anilines is 1. The van der Waals surface area contributed by atoms with Gasteiger partial charge in [0.25, 0.3) is 5.91 Å². The fraction of sp³-hybridized carbons (Fsp3) is 0.0769. The van der Waals surface area contributed by atoms with Gasteiger partial charge in [-0.2, -0.15) is 0 Å². The van der Waals surface area contributed by atoms with Crippen molar-refractivity contribution < 1.29 is 9.32 Å². The van der Waals surface area contributed by atoms with Gasteiger partial charge in [-0.1, -0.05) is 11.2 Å². The van der Waals surface area contributed by atoms with Crippen molar-refractivity contribution in [3.63, 3.8) is 0 Å². The molecule has 0 saturated heterocycles. The van der Waals surface area contributed by atoms with E-state index < -0.39 is 0 Å². The summed E-state index contributed by atoms with van der Waals surface area (Å²) in [5.74, 6) is -0.204. The molecule has 7 heteroatoms. The van der Waals surface area contributed by atoms with Crippen LogP contribution in [-0.4, -0.2) is 21.0 Å². The lowest BCUT2D eigenvalue weighted by atomic mass is 10.3. The summed E-state index contributed by atoms with van der Waals surface area (Å²) in [6.45, 7) is 1.75. The van der Waals surface area contributed by atoms with Crippen molar-refractivity contribution in [3.05, 3.63) is 47.3 Å². The first-order valence-electron chi connectivity index (χ1n) is 5.84. The van der Waals surface area contributed by atoms with Gasteiger partial charge in [0.05, 0.1) is 11.4 Å². The highest BCUT2D eigenvalue weighted by molar-refractivity contribution is 7.14. The Kier molecular flexibility index (Phi) is 3.26. The monoisotopic (exact) mass is 286 g/mol. The van der Waals surface area contributed by atoms with Gasteiger partial charge in [0.2, 0.25) is 5.76 Å². The largest absolute Gasteiger partial charge is 0.351 e. The molecule has 3 aromatic rings. The highest BCUT2D eigenvalue weighted by atomic mass is 32.1. The molecule has 0 fully saturated rings. The Hall–Kier alpha value is -2.54. The van der Waals surface area contributed by atoms with E-state index in [-0.39, 0.29) is 11.7 Å². The van der Waals surface area contributed by atoms with E-state index in [2.05, 4.69) is 20.4 Å². The second-order valence-electron chi connectivity index (χ2n) is 4.04. The molecular weight excluding hydrogens is 276 g/mol. The van der Waals surface area contributed by atoms with Gasteiger partial charge in [0.15, 0.2) is 5.13 Å². The average molecular weight is 286 g/mol. The van der Waals surface area contributed by atoms with Crippen molar-refractivity contribution in [2.45, 2.75) is 6.92 Å². The quantitative estimate of drug-likeness (QED) is 0.800. The molecule has 0 aromatic carbocycles. The molecule has 100 valence electrons. The lowest BCUT2D eigenvalue weighted by Crippen LogP contribution is -2.10. The number of hydrogen-bond acceptors (Lipinski definition) is 6. The molecule has 0 aliphatic heterocycles. The van der Waals surface area contributed by atoms with Gasteiger partial charge in [-0.15, -0.1) is 11.3 Å². The Labute approximate surface area is 118 Å². The van der Waals surface area contributed by atoms with E-state index in [1.54, 1.807) is 19.2 Å². The fourth-order valence-corrected chi connectivity index (χ4v) is 2.29. The molecule has 0 unspecified atom stereocenters. The van der Waals surface area contributed by atoms with E-state index >= 15 is 0 Å². The van der Waals surface area contributed by atoms with Gasteiger partial charge in [0.1, 0.15) is 5.69 Å². The highest BCUT2D eigenvalue weighted by Gasteiger charge is 2.14. The zero-order valence-corrected chi connectivity index (χ0v) is 11.3. The second-order valence-corrected chi connectivity index (χ2v) is 4.90. The first-order valence-corrected chi connectivity index (χ1v) is 6.72. The number of hydrogen-bond donors (Lipinski definition) is 1. The lowest BCUT2D eigenvalue weighted by Gasteiger charge is -1.96. The van der Waals surface area contributed by atoms with Crippen LogP contribution in [0.3, 0.4) is 0 Å². The molecular formula is C13H10N4O2S. The number of thiazole rings is 1. The molecule has 6 nitrogen and oxygen atoms in total. The summed E-state index contributed by atoms with van der Waals surface area (Å²) in [7, 11) is 0. The topological polar surface area (TPSA) is 80.9 Å². The van der Waals surface area contributed by atoms with Crippen molar-refractivity contribution in [2.24, 2.45) is 0 Å². The van der Waals surface area contributed by atoms with Crippen LogP contribution in [0.1, 0.15) is 16.2 Å². The lowest BCUT2D eigenvalue weighted by molar-refractivity contribution is 0.0988. The van der Waals surface area contributed by atoms with Crippen molar-refractivity contribution in [1.29, 1.82) is 0 Å². The smallest absolute Gasteiger partial charge is 0.296 e. The summed E-state index contributed by atoms with van der Waals surface area (Å²) in [5, 5.41) is 8.67. The maximum Gasteiger partial charge on any atom is 0.296 e. The Morgan fingerprint density at radius 2 is 2.25 bits per heavy atom. The van der Waals surface area contributed by atoms with Gasteiger partial charge >= 0.3 is 0 Å². The molecule has 0 radical (unpaired) electrons. The number of aryl methyl sites for hydroxylation is 1. The Morgan fingerprint density at radius 3 is 2.95 bits per heavy atom. The van der Waals surface area contributed by atoms with Crippen molar-refractivity contribution >= 4 is 22.4 Å². The van der Waals surface area contributed by atoms with E-state index in [4.69, 9.17) is 4.52 Å². The summed E-state index contributed by atoms with van der Waals surface area (Å²) < 4.78 is 4.89. The van der Waals surface area contributed by atoms with Crippen LogP contribution in [0.4, 0.5) is 5.13 Å². The molecule has 0 aliphatic rings. The SMILES string of the molecule is Cc1cc(C(=O)Nc2nc(-c3ccccn3)cs2)on1. The molecule has 3 rings (SSSR count). The highest BCUT2D eigenvalue weighted by Crippen LogP contribution is 2.23. The van der Waals surface area contributed by atoms with Crippen molar-refractivity contribution in [3.8, 4) is 11.4 Å². The Bertz CT molecular complexity index is 736. The first kappa shape index (κ1) is 12.5. The summed E-state index contributed by atoms with van der Waals surface area (Å²) in [6, 6.07) is 7.16. The van der Waals surface area contributed by atoms with Crippen LogP contribution in [-0.2, 0) is 0 Å². The molecule has 0 spiro atoms. The standard InChI is InChI=1S/C13H10N4O2S/c1-8-6-11(19-17-8)12(18)16-13-15-10(7-20-13)9-4-2-3-5-14-9/h2-7H,1H3,(H,15,16,18). The molecule has 0 saturated carbocycles. The first-order chi connectivity index (χ1) is 9.72. The maximum atomic E-state index is 11.9. The number of carbonyl (C=O) groups excluding carboxylic acids is 1. The van der Waals surface area contributed by atoms with Gasteiger partial charge in [0, 0.05) is 17.6 Å². The molecule has 1 N–H and O–H groups in total. The third-order valence-corrected chi connectivity index (χ3v) is 3.26. The minimum atomic E-state index is -0.368. The molecule has 20 heavy (non-hydrogen) atoms. The summed E-state index contributed by atoms with van der Waals surface area (Å²) in [4.78, 5) is 20.4. The zero-order valence-electron chi connectivity index (χ0n) is 10.5. The van der Waals surface area contributed by atoms with Gasteiger partial charge in [-0.25, -0.2) is 4.98 Å². The predicted molar refractivity (Wildman–Crippen MR) is 74.5 cm³/mol. The summed E-state index contributed by atoms with van der Waals surface area (Å²) >= 11 is 1.33. The number of rotatable bonds is 3. The number of carbonyl (C=O) groups is 1. The Morgan fingerprint density at radius 1 is 1.35 bits per heavy atom. The van der Waals surface area contributed by atoms with Crippen LogP contribution in [0.15, 0.2) is 40.4 Å². The predicted octanol–water partition coefficient (Wildman–Crippen LogP) is 2.75. The number of pyridine rings is 1.